The summed E-state index contributed by atoms with van der Waals surface area (Å²) in [6.07, 6.45) is 0. The second-order valence-corrected chi connectivity index (χ2v) is 5.15. The van der Waals surface area contributed by atoms with Gasteiger partial charge >= 0.3 is 0 Å². The van der Waals surface area contributed by atoms with Crippen molar-refractivity contribution < 1.29 is 48.3 Å². The number of halogens is 7. The van der Waals surface area contributed by atoms with Gasteiger partial charge in [0.25, 0.3) is 0 Å². The van der Waals surface area contributed by atoms with Crippen molar-refractivity contribution in [2.75, 3.05) is 23.7 Å². The second-order valence-electron chi connectivity index (χ2n) is 5.15. The zero-order chi connectivity index (χ0) is 20.1. The van der Waals surface area contributed by atoms with Crippen molar-refractivity contribution in [3.05, 3.63) is 59.2 Å². The number of amides is 2. The summed E-state index contributed by atoms with van der Waals surface area (Å²) < 4.78 is 78.5. The maximum atomic E-state index is 13.4. The number of carbonyl (C=O) groups excluding carboxylic acids is 2. The minimum absolute atomic E-state index is 0. The molecule has 0 bridgehead atoms. The van der Waals surface area contributed by atoms with E-state index in [-0.39, 0.29) is 12.4 Å². The highest BCUT2D eigenvalue weighted by atomic mass is 35.5. The van der Waals surface area contributed by atoms with Crippen LogP contribution in [0.5, 0.6) is 0 Å². The Balaban J connectivity index is 0.00000392. The van der Waals surface area contributed by atoms with E-state index < -0.39 is 71.2 Å². The predicted octanol–water partition coefficient (Wildman–Crippen LogP) is -0.308. The van der Waals surface area contributed by atoms with Crippen molar-refractivity contribution in [1.29, 1.82) is 0 Å². The Kier molecular flexibility index (Phi) is 8.26. The van der Waals surface area contributed by atoms with Crippen LogP contribution in [0.25, 0.3) is 0 Å². The predicted molar refractivity (Wildman–Crippen MR) is 82.8 cm³/mol. The lowest BCUT2D eigenvalue weighted by Gasteiger charge is -2.09. The van der Waals surface area contributed by atoms with E-state index in [1.54, 1.807) is 0 Å². The molecule has 0 unspecified atom stereocenters. The summed E-state index contributed by atoms with van der Waals surface area (Å²) in [5.41, 5.74) is -1.21. The average molecular weight is 427 g/mol. The van der Waals surface area contributed by atoms with Gasteiger partial charge in [-0.3, -0.25) is 14.9 Å². The van der Waals surface area contributed by atoms with Gasteiger partial charge in [-0.1, -0.05) is 0 Å². The highest BCUT2D eigenvalue weighted by Gasteiger charge is 2.17. The minimum Gasteiger partial charge on any atom is -1.00 e. The lowest BCUT2D eigenvalue weighted by atomic mass is 10.2. The SMILES string of the molecule is O=C(CNCC(=O)Nc1ccc(F)c(F)c1F)Nc1ccc(F)c(F)c1F.[Cl-]. The van der Waals surface area contributed by atoms with Crippen molar-refractivity contribution in [2.45, 2.75) is 0 Å². The van der Waals surface area contributed by atoms with Gasteiger partial charge in [-0.25, -0.2) is 26.3 Å². The molecule has 2 rings (SSSR count). The van der Waals surface area contributed by atoms with Crippen molar-refractivity contribution in [3.8, 4) is 0 Å². The first-order chi connectivity index (χ1) is 12.7. The number of rotatable bonds is 6. The van der Waals surface area contributed by atoms with Crippen LogP contribution in [-0.4, -0.2) is 24.9 Å². The fraction of sp³-hybridized carbons (Fsp3) is 0.125. The minimum atomic E-state index is -1.76. The zero-order valence-corrected chi connectivity index (χ0v) is 14.4. The van der Waals surface area contributed by atoms with Crippen LogP contribution in [-0.2, 0) is 9.59 Å². The molecule has 0 aromatic heterocycles. The molecule has 0 aliphatic carbocycles. The molecule has 0 radical (unpaired) electrons. The smallest absolute Gasteiger partial charge is 0.238 e. The van der Waals surface area contributed by atoms with E-state index in [9.17, 15) is 35.9 Å². The Morgan fingerprint density at radius 3 is 1.36 bits per heavy atom. The van der Waals surface area contributed by atoms with E-state index in [2.05, 4.69) is 5.32 Å². The average Bonchev–Trinajstić information content (AvgIpc) is 2.63. The van der Waals surface area contributed by atoms with Crippen LogP contribution in [0, 0.1) is 34.9 Å². The molecule has 152 valence electrons. The molecular weight excluding hydrogens is 416 g/mol. The molecule has 2 aromatic rings. The first kappa shape index (κ1) is 23.2. The van der Waals surface area contributed by atoms with Gasteiger partial charge < -0.3 is 23.0 Å². The molecule has 2 amide bonds. The van der Waals surface area contributed by atoms with E-state index in [0.29, 0.717) is 12.1 Å². The molecule has 0 atom stereocenters. The molecule has 5 nitrogen and oxygen atoms in total. The molecule has 0 aliphatic heterocycles. The van der Waals surface area contributed by atoms with Crippen LogP contribution < -0.4 is 28.4 Å². The summed E-state index contributed by atoms with van der Waals surface area (Å²) in [6.45, 7) is -1.07. The fourth-order valence-corrected chi connectivity index (χ4v) is 1.92. The summed E-state index contributed by atoms with van der Waals surface area (Å²) in [5, 5.41) is 6.23. The molecule has 0 saturated carbocycles. The first-order valence-corrected chi connectivity index (χ1v) is 7.28. The van der Waals surface area contributed by atoms with Crippen molar-refractivity contribution in [3.63, 3.8) is 0 Å². The van der Waals surface area contributed by atoms with Crippen LogP contribution in [0.15, 0.2) is 24.3 Å². The van der Waals surface area contributed by atoms with E-state index in [4.69, 9.17) is 0 Å². The molecule has 0 spiro atoms. The van der Waals surface area contributed by atoms with Gasteiger partial charge in [0.05, 0.1) is 24.5 Å². The summed E-state index contributed by atoms with van der Waals surface area (Å²) in [4.78, 5) is 23.2. The lowest BCUT2D eigenvalue weighted by Crippen LogP contribution is -3.00. The van der Waals surface area contributed by atoms with Crippen molar-refractivity contribution >= 4 is 23.2 Å². The molecule has 0 aliphatic rings. The topological polar surface area (TPSA) is 70.2 Å². The highest BCUT2D eigenvalue weighted by Crippen LogP contribution is 2.20. The maximum Gasteiger partial charge on any atom is 0.238 e. The highest BCUT2D eigenvalue weighted by molar-refractivity contribution is 5.94. The van der Waals surface area contributed by atoms with Gasteiger partial charge in [0.1, 0.15) is 0 Å². The Morgan fingerprint density at radius 2 is 1.00 bits per heavy atom. The van der Waals surface area contributed by atoms with Crippen LogP contribution >= 0.6 is 0 Å². The van der Waals surface area contributed by atoms with E-state index in [0.717, 1.165) is 12.1 Å². The van der Waals surface area contributed by atoms with Gasteiger partial charge in [-0.15, -0.1) is 0 Å². The molecule has 2 aromatic carbocycles. The van der Waals surface area contributed by atoms with Gasteiger partial charge in [-0.2, -0.15) is 0 Å². The van der Waals surface area contributed by atoms with Crippen LogP contribution in [0.3, 0.4) is 0 Å². The normalized spacial score (nSPS) is 10.2. The third kappa shape index (κ3) is 5.60. The molecule has 0 heterocycles. The molecule has 0 saturated heterocycles. The van der Waals surface area contributed by atoms with Crippen molar-refractivity contribution in [1.82, 2.24) is 5.32 Å². The third-order valence-electron chi connectivity index (χ3n) is 3.19. The van der Waals surface area contributed by atoms with Gasteiger partial charge in [0.15, 0.2) is 34.9 Å². The van der Waals surface area contributed by atoms with Crippen LogP contribution in [0.4, 0.5) is 37.7 Å². The maximum absolute atomic E-state index is 13.4. The largest absolute Gasteiger partial charge is 1.00 e. The molecule has 3 N–H and O–H groups in total. The summed E-state index contributed by atoms with van der Waals surface area (Å²) in [5.74, 6) is -11.3. The summed E-state index contributed by atoms with van der Waals surface area (Å²) >= 11 is 0. The Labute approximate surface area is 160 Å². The standard InChI is InChI=1S/C16H11F6N3O2.ClH/c17-7-1-3-9(15(21)13(7)19)24-11(26)5-23-6-12(27)25-10-4-2-8(18)14(20)16(10)22;/h1-4,23H,5-6H2,(H,24,26)(H,25,27);1H/p-1. The van der Waals surface area contributed by atoms with Crippen LogP contribution in [0.2, 0.25) is 0 Å². The van der Waals surface area contributed by atoms with Gasteiger partial charge in [-0.05, 0) is 24.3 Å². The number of nitrogens with one attached hydrogen (secondary N) is 3. The third-order valence-corrected chi connectivity index (χ3v) is 3.19. The van der Waals surface area contributed by atoms with Crippen molar-refractivity contribution in [2.24, 2.45) is 0 Å². The first-order valence-electron chi connectivity index (χ1n) is 7.28. The molecular formula is C16H11ClF6N3O2-. The molecule has 12 heteroatoms. The lowest BCUT2D eigenvalue weighted by molar-refractivity contribution is -0.116. The van der Waals surface area contributed by atoms with Gasteiger partial charge in [0.2, 0.25) is 11.8 Å². The molecule has 0 fully saturated rings. The van der Waals surface area contributed by atoms with Crippen LogP contribution in [0.1, 0.15) is 0 Å². The second kappa shape index (κ2) is 9.95. The number of hydrogen-bond acceptors (Lipinski definition) is 3. The number of carbonyl (C=O) groups is 2. The number of hydrogen-bond donors (Lipinski definition) is 3. The van der Waals surface area contributed by atoms with E-state index >= 15 is 0 Å². The number of anilines is 2. The Morgan fingerprint density at radius 1 is 0.643 bits per heavy atom. The Bertz CT molecular complexity index is 826. The summed E-state index contributed by atoms with van der Waals surface area (Å²) in [6, 6.07) is 2.85. The zero-order valence-electron chi connectivity index (χ0n) is 13.7. The summed E-state index contributed by atoms with van der Waals surface area (Å²) in [7, 11) is 0. The van der Waals surface area contributed by atoms with E-state index in [1.165, 1.54) is 0 Å². The molecule has 28 heavy (non-hydrogen) atoms. The fourth-order valence-electron chi connectivity index (χ4n) is 1.92. The monoisotopic (exact) mass is 426 g/mol. The van der Waals surface area contributed by atoms with Gasteiger partial charge in [0, 0.05) is 0 Å². The Hall–Kier alpha value is -2.79. The quantitative estimate of drug-likeness (QED) is 0.438. The van der Waals surface area contributed by atoms with E-state index in [1.807, 2.05) is 10.6 Å². The number of benzene rings is 2.